The molecule has 2 aromatic rings. The highest BCUT2D eigenvalue weighted by molar-refractivity contribution is 5.58. The molecule has 0 spiro atoms. The van der Waals surface area contributed by atoms with Crippen LogP contribution >= 0.6 is 0 Å². The third-order valence-corrected chi connectivity index (χ3v) is 2.74. The monoisotopic (exact) mass is 268 g/mol. The van der Waals surface area contributed by atoms with Crippen molar-refractivity contribution in [2.45, 2.75) is 26.6 Å². The molecule has 0 aliphatic carbocycles. The van der Waals surface area contributed by atoms with Gasteiger partial charge in [0.15, 0.2) is 0 Å². The van der Waals surface area contributed by atoms with Crippen molar-refractivity contribution < 1.29 is 13.2 Å². The molecule has 1 heterocycles. The molecule has 0 aliphatic rings. The summed E-state index contributed by atoms with van der Waals surface area (Å²) in [6.45, 7) is 4.25. The predicted octanol–water partition coefficient (Wildman–Crippen LogP) is 4.22. The van der Waals surface area contributed by atoms with Crippen molar-refractivity contribution in [1.29, 1.82) is 0 Å². The highest BCUT2D eigenvalue weighted by atomic mass is 19.4. The summed E-state index contributed by atoms with van der Waals surface area (Å²) in [5, 5.41) is 3.53. The van der Waals surface area contributed by atoms with E-state index in [9.17, 15) is 13.2 Å². The first-order valence-electron chi connectivity index (χ1n) is 6.08. The van der Waals surface area contributed by atoms with Crippen molar-refractivity contribution in [1.82, 2.24) is 9.78 Å². The van der Waals surface area contributed by atoms with E-state index in [0.29, 0.717) is 17.2 Å². The van der Waals surface area contributed by atoms with Gasteiger partial charge in [-0.15, -0.1) is 13.2 Å². The summed E-state index contributed by atoms with van der Waals surface area (Å²) in [5.74, 6) is 0.551. The highest BCUT2D eigenvalue weighted by Gasteiger charge is 2.31. The zero-order valence-corrected chi connectivity index (χ0v) is 10.8. The number of hydrogen-bond acceptors (Lipinski definition) is 1. The maximum absolute atomic E-state index is 12.4. The molecule has 0 N–H and O–H groups in total. The second-order valence-corrected chi connectivity index (χ2v) is 4.91. The minimum atomic E-state index is -4.46. The van der Waals surface area contributed by atoms with E-state index >= 15 is 0 Å². The van der Waals surface area contributed by atoms with E-state index in [1.54, 1.807) is 12.1 Å². The van der Waals surface area contributed by atoms with Gasteiger partial charge in [-0.2, -0.15) is 9.78 Å². The molecular formula is C14H15F3N2. The first-order valence-corrected chi connectivity index (χ1v) is 6.08. The third kappa shape index (κ3) is 3.36. The Balaban J connectivity index is 2.20. The summed E-state index contributed by atoms with van der Waals surface area (Å²) in [6, 6.07) is 8.84. The van der Waals surface area contributed by atoms with Gasteiger partial charge in [-0.05, 0) is 24.0 Å². The van der Waals surface area contributed by atoms with Crippen molar-refractivity contribution in [3.8, 4) is 11.3 Å². The van der Waals surface area contributed by atoms with E-state index < -0.39 is 6.30 Å². The van der Waals surface area contributed by atoms with Crippen LogP contribution in [0.5, 0.6) is 0 Å². The van der Waals surface area contributed by atoms with Crippen LogP contribution in [0, 0.1) is 5.92 Å². The number of rotatable bonds is 3. The van der Waals surface area contributed by atoms with E-state index in [1.807, 2.05) is 12.1 Å². The van der Waals surface area contributed by atoms with Crippen LogP contribution in [0.3, 0.4) is 0 Å². The van der Waals surface area contributed by atoms with Crippen molar-refractivity contribution in [3.05, 3.63) is 42.1 Å². The molecule has 0 aliphatic heterocycles. The Morgan fingerprint density at radius 1 is 1.11 bits per heavy atom. The minimum Gasteiger partial charge on any atom is -0.178 e. The molecule has 5 heteroatoms. The summed E-state index contributed by atoms with van der Waals surface area (Å²) in [5.41, 5.74) is 2.19. The maximum atomic E-state index is 12.4. The lowest BCUT2D eigenvalue weighted by atomic mass is 10.0. The molecule has 19 heavy (non-hydrogen) atoms. The molecule has 0 amide bonds. The molecule has 0 unspecified atom stereocenters. The van der Waals surface area contributed by atoms with Gasteiger partial charge in [-0.1, -0.05) is 38.1 Å². The summed E-state index contributed by atoms with van der Waals surface area (Å²) >= 11 is 0. The number of aromatic nitrogens is 2. The van der Waals surface area contributed by atoms with Crippen LogP contribution in [0.2, 0.25) is 0 Å². The molecule has 0 radical (unpaired) electrons. The fourth-order valence-electron chi connectivity index (χ4n) is 1.90. The van der Waals surface area contributed by atoms with Crippen LogP contribution in [0.15, 0.2) is 36.5 Å². The topological polar surface area (TPSA) is 17.8 Å². The second-order valence-electron chi connectivity index (χ2n) is 4.91. The Morgan fingerprint density at radius 3 is 2.21 bits per heavy atom. The molecule has 0 bridgehead atoms. The largest absolute Gasteiger partial charge is 0.504 e. The lowest BCUT2D eigenvalue weighted by Crippen LogP contribution is -2.16. The van der Waals surface area contributed by atoms with Gasteiger partial charge in [0.25, 0.3) is 0 Å². The van der Waals surface area contributed by atoms with Gasteiger partial charge < -0.3 is 0 Å². The number of halogens is 3. The van der Waals surface area contributed by atoms with Gasteiger partial charge in [-0.25, -0.2) is 0 Å². The van der Waals surface area contributed by atoms with Gasteiger partial charge >= 0.3 is 6.30 Å². The molecular weight excluding hydrogens is 253 g/mol. The number of alkyl halides is 3. The van der Waals surface area contributed by atoms with Crippen LogP contribution < -0.4 is 0 Å². The van der Waals surface area contributed by atoms with Gasteiger partial charge in [0, 0.05) is 11.8 Å². The zero-order chi connectivity index (χ0) is 14.0. The quantitative estimate of drug-likeness (QED) is 0.814. The molecule has 0 saturated carbocycles. The summed E-state index contributed by atoms with van der Waals surface area (Å²) in [4.78, 5) is 0. The predicted molar refractivity (Wildman–Crippen MR) is 67.5 cm³/mol. The number of hydrogen-bond donors (Lipinski definition) is 0. The molecule has 0 atom stereocenters. The normalized spacial score (nSPS) is 12.1. The van der Waals surface area contributed by atoms with Crippen molar-refractivity contribution in [2.24, 2.45) is 5.92 Å². The van der Waals surface area contributed by atoms with Crippen LogP contribution in [0.25, 0.3) is 11.3 Å². The van der Waals surface area contributed by atoms with Crippen molar-refractivity contribution in [2.75, 3.05) is 0 Å². The van der Waals surface area contributed by atoms with Crippen LogP contribution in [-0.2, 0) is 12.7 Å². The average molecular weight is 268 g/mol. The standard InChI is InChI=1S/C14H15F3N2/c1-10(2)9-11-3-5-12(6-4-11)13-7-8-19(18-13)14(15,16)17/h3-8,10H,9H2,1-2H3. The Hall–Kier alpha value is -1.78. The van der Waals surface area contributed by atoms with E-state index in [-0.39, 0.29) is 4.68 Å². The van der Waals surface area contributed by atoms with Crippen molar-refractivity contribution >= 4 is 0 Å². The average Bonchev–Trinajstić information content (AvgIpc) is 2.78. The summed E-state index contributed by atoms with van der Waals surface area (Å²) in [6.07, 6.45) is -2.58. The smallest absolute Gasteiger partial charge is 0.178 e. The zero-order valence-electron chi connectivity index (χ0n) is 10.8. The van der Waals surface area contributed by atoms with Crippen LogP contribution in [0.4, 0.5) is 13.2 Å². The summed E-state index contributed by atoms with van der Waals surface area (Å²) in [7, 11) is 0. The summed E-state index contributed by atoms with van der Waals surface area (Å²) < 4.78 is 37.3. The number of nitrogens with zero attached hydrogens (tertiary/aromatic N) is 2. The maximum Gasteiger partial charge on any atom is 0.504 e. The van der Waals surface area contributed by atoms with Gasteiger partial charge in [0.2, 0.25) is 0 Å². The molecule has 1 aromatic heterocycles. The van der Waals surface area contributed by atoms with Crippen LogP contribution in [-0.4, -0.2) is 9.78 Å². The Labute approximate surface area is 109 Å². The molecule has 0 fully saturated rings. The number of benzene rings is 1. The lowest BCUT2D eigenvalue weighted by molar-refractivity contribution is -0.212. The Morgan fingerprint density at radius 2 is 1.74 bits per heavy atom. The SMILES string of the molecule is CC(C)Cc1ccc(-c2ccn(C(F)(F)F)n2)cc1. The molecule has 0 saturated heterocycles. The Kier molecular flexibility index (Phi) is 3.64. The molecule has 102 valence electrons. The van der Waals surface area contributed by atoms with Crippen LogP contribution in [0.1, 0.15) is 19.4 Å². The van der Waals surface area contributed by atoms with E-state index in [0.717, 1.165) is 12.6 Å². The fraction of sp³-hybridized carbons (Fsp3) is 0.357. The molecule has 2 nitrogen and oxygen atoms in total. The third-order valence-electron chi connectivity index (χ3n) is 2.74. The van der Waals surface area contributed by atoms with E-state index in [1.165, 1.54) is 11.6 Å². The van der Waals surface area contributed by atoms with E-state index in [4.69, 9.17) is 0 Å². The van der Waals surface area contributed by atoms with Crippen molar-refractivity contribution in [3.63, 3.8) is 0 Å². The Bertz CT molecular complexity index is 539. The molecule has 1 aromatic carbocycles. The fourth-order valence-corrected chi connectivity index (χ4v) is 1.90. The van der Waals surface area contributed by atoms with Gasteiger partial charge in [0.05, 0.1) is 5.69 Å². The minimum absolute atomic E-state index is 0.0182. The van der Waals surface area contributed by atoms with Gasteiger partial charge in [0.1, 0.15) is 0 Å². The van der Waals surface area contributed by atoms with E-state index in [2.05, 4.69) is 18.9 Å². The second kappa shape index (κ2) is 5.07. The molecule has 2 rings (SSSR count). The van der Waals surface area contributed by atoms with Gasteiger partial charge in [-0.3, -0.25) is 0 Å². The lowest BCUT2D eigenvalue weighted by Gasteiger charge is -2.06. The first-order chi connectivity index (χ1) is 8.86. The first kappa shape index (κ1) is 13.6. The highest BCUT2D eigenvalue weighted by Crippen LogP contribution is 2.25.